The Kier molecular flexibility index (Phi) is 6.88. The quantitative estimate of drug-likeness (QED) is 0.767. The van der Waals surface area contributed by atoms with E-state index in [1.54, 1.807) is 43.7 Å². The zero-order valence-corrected chi connectivity index (χ0v) is 16.2. The summed E-state index contributed by atoms with van der Waals surface area (Å²) >= 11 is 0. The summed E-state index contributed by atoms with van der Waals surface area (Å²) in [6, 6.07) is 10.5. The van der Waals surface area contributed by atoms with Crippen molar-refractivity contribution in [2.24, 2.45) is 0 Å². The van der Waals surface area contributed by atoms with Crippen LogP contribution >= 0.6 is 0 Å². The van der Waals surface area contributed by atoms with Crippen LogP contribution in [-0.4, -0.2) is 44.3 Å². The van der Waals surface area contributed by atoms with Gasteiger partial charge >= 0.3 is 0 Å². The maximum absolute atomic E-state index is 12.3. The van der Waals surface area contributed by atoms with Crippen molar-refractivity contribution in [3.8, 4) is 0 Å². The maximum atomic E-state index is 12.3. The highest BCUT2D eigenvalue weighted by molar-refractivity contribution is 7.89. The van der Waals surface area contributed by atoms with E-state index >= 15 is 0 Å². The molecule has 2 aromatic rings. The molecule has 0 aliphatic rings. The second kappa shape index (κ2) is 8.91. The van der Waals surface area contributed by atoms with E-state index in [1.807, 2.05) is 26.0 Å². The fraction of sp³-hybridized carbons (Fsp3) is 0.368. The molecule has 2 rings (SSSR count). The molecule has 0 aliphatic heterocycles. The normalized spacial score (nSPS) is 11.5. The highest BCUT2D eigenvalue weighted by Crippen LogP contribution is 2.17. The van der Waals surface area contributed by atoms with Crippen molar-refractivity contribution >= 4 is 15.9 Å². The molecule has 6 nitrogen and oxygen atoms in total. The molecule has 7 heteroatoms. The van der Waals surface area contributed by atoms with Crippen molar-refractivity contribution < 1.29 is 13.2 Å². The zero-order chi connectivity index (χ0) is 19.2. The molecule has 1 aromatic heterocycles. The molecule has 140 valence electrons. The summed E-state index contributed by atoms with van der Waals surface area (Å²) in [6.45, 7) is 4.33. The number of carbonyl (C=O) groups is 1. The second-order valence-electron chi connectivity index (χ2n) is 6.47. The molecule has 26 heavy (non-hydrogen) atoms. The van der Waals surface area contributed by atoms with Crippen molar-refractivity contribution in [2.45, 2.75) is 31.1 Å². The van der Waals surface area contributed by atoms with Gasteiger partial charge in [0.1, 0.15) is 0 Å². The monoisotopic (exact) mass is 375 g/mol. The number of nitrogens with one attached hydrogen (secondary N) is 1. The second-order valence-corrected chi connectivity index (χ2v) is 8.24. The van der Waals surface area contributed by atoms with E-state index in [2.05, 4.69) is 9.71 Å². The lowest BCUT2D eigenvalue weighted by atomic mass is 10.0. The first kappa shape index (κ1) is 20.1. The minimum atomic E-state index is -3.70. The Bertz CT molecular complexity index is 819. The number of amides is 1. The van der Waals surface area contributed by atoms with Crippen LogP contribution in [0.15, 0.2) is 53.7 Å². The van der Waals surface area contributed by atoms with Gasteiger partial charge in [-0.25, -0.2) is 13.1 Å². The van der Waals surface area contributed by atoms with Crippen LogP contribution in [0, 0.1) is 0 Å². The molecule has 1 N–H and O–H groups in total. The molecule has 0 spiro atoms. The first-order chi connectivity index (χ1) is 12.3. The maximum Gasteiger partial charge on any atom is 0.241 e. The Labute approximate surface area is 155 Å². The summed E-state index contributed by atoms with van der Waals surface area (Å²) in [7, 11) is -2.04. The predicted molar refractivity (Wildman–Crippen MR) is 101 cm³/mol. The van der Waals surface area contributed by atoms with Gasteiger partial charge in [-0.15, -0.1) is 0 Å². The Morgan fingerprint density at radius 3 is 2.31 bits per heavy atom. The lowest BCUT2D eigenvalue weighted by Crippen LogP contribution is -2.38. The first-order valence-corrected chi connectivity index (χ1v) is 10.0. The van der Waals surface area contributed by atoms with Gasteiger partial charge in [-0.05, 0) is 47.7 Å². The Balaban J connectivity index is 1.88. The third kappa shape index (κ3) is 5.64. The Hall–Kier alpha value is -2.25. The predicted octanol–water partition coefficient (Wildman–Crippen LogP) is 2.18. The van der Waals surface area contributed by atoms with E-state index in [0.717, 1.165) is 11.1 Å². The number of sulfonamides is 1. The molecule has 0 atom stereocenters. The molecule has 1 heterocycles. The number of rotatable bonds is 8. The van der Waals surface area contributed by atoms with Crippen LogP contribution in [0.25, 0.3) is 0 Å². The highest BCUT2D eigenvalue weighted by Gasteiger charge is 2.17. The summed E-state index contributed by atoms with van der Waals surface area (Å²) in [5.74, 6) is 0.0526. The molecule has 0 saturated carbocycles. The molecule has 0 aliphatic carbocycles. The Morgan fingerprint density at radius 1 is 1.12 bits per heavy atom. The molecular weight excluding hydrogens is 350 g/mol. The van der Waals surface area contributed by atoms with E-state index < -0.39 is 10.0 Å². The number of pyridine rings is 1. The summed E-state index contributed by atoms with van der Waals surface area (Å²) in [4.78, 5) is 17.8. The number of benzene rings is 1. The van der Waals surface area contributed by atoms with Crippen LogP contribution < -0.4 is 4.72 Å². The molecule has 1 amide bonds. The minimum absolute atomic E-state index is 0.161. The summed E-state index contributed by atoms with van der Waals surface area (Å²) in [5.41, 5.74) is 2.14. The van der Waals surface area contributed by atoms with E-state index in [0.29, 0.717) is 18.9 Å². The average Bonchev–Trinajstić information content (AvgIpc) is 2.65. The molecule has 0 unspecified atom stereocenters. The average molecular weight is 375 g/mol. The van der Waals surface area contributed by atoms with Gasteiger partial charge in [-0.1, -0.05) is 26.0 Å². The van der Waals surface area contributed by atoms with Crippen molar-refractivity contribution in [3.05, 3.63) is 59.9 Å². The van der Waals surface area contributed by atoms with Crippen LogP contribution in [0.5, 0.6) is 0 Å². The van der Waals surface area contributed by atoms with E-state index in [1.165, 1.54) is 4.90 Å². The fourth-order valence-electron chi connectivity index (χ4n) is 2.38. The largest absolute Gasteiger partial charge is 0.344 e. The number of hydrogen-bond donors (Lipinski definition) is 1. The van der Waals surface area contributed by atoms with Crippen LogP contribution in [-0.2, 0) is 21.2 Å². The van der Waals surface area contributed by atoms with Crippen molar-refractivity contribution in [3.63, 3.8) is 0 Å². The van der Waals surface area contributed by atoms with Gasteiger partial charge in [-0.2, -0.15) is 0 Å². The van der Waals surface area contributed by atoms with E-state index in [-0.39, 0.29) is 17.3 Å². The number of hydrogen-bond acceptors (Lipinski definition) is 4. The number of carbonyl (C=O) groups excluding carboxylic acids is 1. The van der Waals surface area contributed by atoms with Gasteiger partial charge in [0.15, 0.2) is 0 Å². The van der Waals surface area contributed by atoms with Crippen LogP contribution in [0.2, 0.25) is 0 Å². The van der Waals surface area contributed by atoms with Crippen molar-refractivity contribution in [1.29, 1.82) is 0 Å². The topological polar surface area (TPSA) is 79.4 Å². The first-order valence-electron chi connectivity index (χ1n) is 8.52. The van der Waals surface area contributed by atoms with Gasteiger partial charge in [0.25, 0.3) is 0 Å². The number of nitrogens with zero attached hydrogens (tertiary/aromatic N) is 2. The lowest BCUT2D eigenvalue weighted by Gasteiger charge is -2.17. The molecular formula is C19H25N3O3S. The van der Waals surface area contributed by atoms with Crippen molar-refractivity contribution in [2.75, 3.05) is 20.1 Å². The van der Waals surface area contributed by atoms with Crippen LogP contribution in [0.3, 0.4) is 0 Å². The van der Waals surface area contributed by atoms with Gasteiger partial charge in [0, 0.05) is 26.0 Å². The standard InChI is InChI=1S/C19H25N3O3S/c1-15(2)17-4-6-18(7-5-17)26(24,25)21-14-19(23)22(3)13-10-16-8-11-20-12-9-16/h4-9,11-12,15,21H,10,13-14H2,1-3H3. The lowest BCUT2D eigenvalue weighted by molar-refractivity contribution is -0.128. The molecule has 0 radical (unpaired) electrons. The van der Waals surface area contributed by atoms with Gasteiger partial charge in [0.05, 0.1) is 11.4 Å². The zero-order valence-electron chi connectivity index (χ0n) is 15.3. The minimum Gasteiger partial charge on any atom is -0.344 e. The van der Waals surface area contributed by atoms with Gasteiger partial charge < -0.3 is 4.90 Å². The number of likely N-dealkylation sites (N-methyl/N-ethyl adjacent to an activating group) is 1. The van der Waals surface area contributed by atoms with E-state index in [9.17, 15) is 13.2 Å². The summed E-state index contributed by atoms with van der Waals surface area (Å²) < 4.78 is 27.0. The van der Waals surface area contributed by atoms with Gasteiger partial charge in [0.2, 0.25) is 15.9 Å². The third-order valence-corrected chi connectivity index (χ3v) is 5.60. The summed E-state index contributed by atoms with van der Waals surface area (Å²) in [5, 5.41) is 0. The Morgan fingerprint density at radius 2 is 1.73 bits per heavy atom. The summed E-state index contributed by atoms with van der Waals surface area (Å²) in [6.07, 6.45) is 4.10. The molecule has 0 bridgehead atoms. The third-order valence-electron chi connectivity index (χ3n) is 4.18. The molecule has 0 fully saturated rings. The fourth-order valence-corrected chi connectivity index (χ4v) is 3.35. The smallest absolute Gasteiger partial charge is 0.241 e. The molecule has 0 saturated heterocycles. The van der Waals surface area contributed by atoms with E-state index in [4.69, 9.17) is 0 Å². The van der Waals surface area contributed by atoms with Crippen LogP contribution in [0.4, 0.5) is 0 Å². The van der Waals surface area contributed by atoms with Crippen molar-refractivity contribution in [1.82, 2.24) is 14.6 Å². The SMILES string of the molecule is CC(C)c1ccc(S(=O)(=O)NCC(=O)N(C)CCc2ccncc2)cc1. The number of aromatic nitrogens is 1. The molecule has 1 aromatic carbocycles. The van der Waals surface area contributed by atoms with Crippen LogP contribution in [0.1, 0.15) is 30.9 Å². The highest BCUT2D eigenvalue weighted by atomic mass is 32.2. The van der Waals surface area contributed by atoms with Gasteiger partial charge in [-0.3, -0.25) is 9.78 Å².